The first-order valence-corrected chi connectivity index (χ1v) is 13.8. The van der Waals surface area contributed by atoms with Gasteiger partial charge in [0.25, 0.3) is 0 Å². The summed E-state index contributed by atoms with van der Waals surface area (Å²) in [6.45, 7) is -0.449. The summed E-state index contributed by atoms with van der Waals surface area (Å²) in [4.78, 5) is 57.9. The van der Waals surface area contributed by atoms with Gasteiger partial charge in [-0.2, -0.15) is 0 Å². The monoisotopic (exact) mass is 580 g/mol. The van der Waals surface area contributed by atoms with Gasteiger partial charge in [-0.25, -0.2) is 9.78 Å². The minimum absolute atomic E-state index is 0.188. The van der Waals surface area contributed by atoms with Crippen molar-refractivity contribution in [2.45, 2.75) is 12.8 Å². The maximum atomic E-state index is 13.3. The number of allylic oxidation sites excluding steroid dienone is 2. The molecule has 2 heterocycles. The number of imide groups is 1. The highest BCUT2D eigenvalue weighted by molar-refractivity contribution is 6.35. The van der Waals surface area contributed by atoms with Crippen LogP contribution in [0.15, 0.2) is 84.9 Å². The number of anilines is 1. The highest BCUT2D eigenvalue weighted by atomic mass is 35.5. The van der Waals surface area contributed by atoms with E-state index in [9.17, 15) is 19.2 Å². The molecule has 0 saturated carbocycles. The van der Waals surface area contributed by atoms with Crippen molar-refractivity contribution in [3.63, 3.8) is 0 Å². The Morgan fingerprint density at radius 1 is 0.929 bits per heavy atom. The molecular formula is C33H25ClN2O6. The zero-order valence-corrected chi connectivity index (χ0v) is 23.3. The van der Waals surface area contributed by atoms with Gasteiger partial charge in [0.15, 0.2) is 12.4 Å². The minimum Gasteiger partial charge on any atom is -0.497 e. The molecule has 0 spiro atoms. The molecule has 1 aliphatic heterocycles. The number of hydrogen-bond donors (Lipinski definition) is 0. The van der Waals surface area contributed by atoms with Crippen molar-refractivity contribution < 1.29 is 28.7 Å². The zero-order valence-electron chi connectivity index (χ0n) is 22.6. The topological polar surface area (TPSA) is 103 Å². The second-order valence-corrected chi connectivity index (χ2v) is 10.5. The molecule has 1 aromatic heterocycles. The van der Waals surface area contributed by atoms with Gasteiger partial charge in [-0.3, -0.25) is 19.3 Å². The van der Waals surface area contributed by atoms with Crippen LogP contribution in [0.3, 0.4) is 0 Å². The standard InChI is InChI=1S/C33H25ClN2O6/c1-41-22-15-11-20(12-16-22)29(37)18-42-33(40)26-17-28(35-30-23(26)7-4-8-27(30)34)19-9-13-21(14-10-19)36-31(38)24-5-2-3-6-25(24)32(36)39/h2-4,7-17,24-25H,5-6,18H2,1H3. The molecular weight excluding hydrogens is 556 g/mol. The molecule has 9 heteroatoms. The Kier molecular flexibility index (Phi) is 7.31. The molecule has 2 amide bonds. The number of halogens is 1. The van der Waals surface area contributed by atoms with Crippen molar-refractivity contribution in [2.75, 3.05) is 18.6 Å². The van der Waals surface area contributed by atoms with Crippen LogP contribution >= 0.6 is 11.6 Å². The van der Waals surface area contributed by atoms with Gasteiger partial charge < -0.3 is 9.47 Å². The van der Waals surface area contributed by atoms with Crippen molar-refractivity contribution in [2.24, 2.45) is 11.8 Å². The van der Waals surface area contributed by atoms with Gasteiger partial charge in [-0.1, -0.05) is 48.0 Å². The van der Waals surface area contributed by atoms with E-state index in [2.05, 4.69) is 4.98 Å². The Balaban J connectivity index is 1.27. The number of hydrogen-bond acceptors (Lipinski definition) is 7. The zero-order chi connectivity index (χ0) is 29.4. The maximum Gasteiger partial charge on any atom is 0.339 e. The largest absolute Gasteiger partial charge is 0.497 e. The normalized spacial score (nSPS) is 17.8. The predicted molar refractivity (Wildman–Crippen MR) is 158 cm³/mol. The number of carbonyl (C=O) groups excluding carboxylic acids is 4. The fraction of sp³-hybridized carbons (Fsp3) is 0.182. The summed E-state index contributed by atoms with van der Waals surface area (Å²) in [5.41, 5.74) is 2.55. The van der Waals surface area contributed by atoms with E-state index in [-0.39, 0.29) is 35.0 Å². The number of nitrogens with zero attached hydrogens (tertiary/aromatic N) is 2. The number of Topliss-reactive ketones (excluding diaryl/α,β-unsaturated/α-hetero) is 1. The Hall–Kier alpha value is -4.82. The first kappa shape index (κ1) is 27.4. The average Bonchev–Trinajstić information content (AvgIpc) is 3.28. The first-order valence-electron chi connectivity index (χ1n) is 13.4. The van der Waals surface area contributed by atoms with Gasteiger partial charge in [0, 0.05) is 16.5 Å². The number of para-hydroxylation sites is 1. The molecule has 0 radical (unpaired) electrons. The van der Waals surface area contributed by atoms with Crippen LogP contribution in [0, 0.1) is 11.8 Å². The number of methoxy groups -OCH3 is 1. The van der Waals surface area contributed by atoms with E-state index in [1.54, 1.807) is 72.8 Å². The fourth-order valence-electron chi connectivity index (χ4n) is 5.44. The van der Waals surface area contributed by atoms with Crippen LogP contribution in [0.4, 0.5) is 5.69 Å². The van der Waals surface area contributed by atoms with E-state index in [1.165, 1.54) is 12.0 Å². The molecule has 4 aromatic rings. The van der Waals surface area contributed by atoms with Gasteiger partial charge in [0.2, 0.25) is 11.8 Å². The number of ether oxygens (including phenoxy) is 2. The highest BCUT2D eigenvalue weighted by Gasteiger charge is 2.47. The van der Waals surface area contributed by atoms with E-state index in [4.69, 9.17) is 21.1 Å². The summed E-state index contributed by atoms with van der Waals surface area (Å²) < 4.78 is 10.5. The number of pyridine rings is 1. The van der Waals surface area contributed by atoms with Crippen LogP contribution < -0.4 is 9.64 Å². The smallest absolute Gasteiger partial charge is 0.339 e. The van der Waals surface area contributed by atoms with Gasteiger partial charge in [-0.05, 0) is 61.4 Å². The Bertz CT molecular complexity index is 1740. The Labute approximate surface area is 246 Å². The lowest BCUT2D eigenvalue weighted by molar-refractivity contribution is -0.122. The second-order valence-electron chi connectivity index (χ2n) is 10.1. The molecule has 1 aliphatic carbocycles. The molecule has 0 bridgehead atoms. The quantitative estimate of drug-likeness (QED) is 0.113. The van der Waals surface area contributed by atoms with Gasteiger partial charge >= 0.3 is 5.97 Å². The lowest BCUT2D eigenvalue weighted by Gasteiger charge is -2.16. The lowest BCUT2D eigenvalue weighted by Crippen LogP contribution is -2.30. The highest BCUT2D eigenvalue weighted by Crippen LogP contribution is 2.38. The van der Waals surface area contributed by atoms with E-state index in [0.717, 1.165) is 0 Å². The summed E-state index contributed by atoms with van der Waals surface area (Å²) in [5, 5.41) is 0.827. The second kappa shape index (κ2) is 11.2. The van der Waals surface area contributed by atoms with E-state index in [0.29, 0.717) is 57.0 Å². The molecule has 1 fully saturated rings. The minimum atomic E-state index is -0.700. The summed E-state index contributed by atoms with van der Waals surface area (Å²) >= 11 is 6.46. The SMILES string of the molecule is COc1ccc(C(=O)COC(=O)c2cc(-c3ccc(N4C(=O)C5CC=CCC5C4=O)cc3)nc3c(Cl)cccc23)cc1. The number of amides is 2. The molecule has 1 saturated heterocycles. The summed E-state index contributed by atoms with van der Waals surface area (Å²) in [6.07, 6.45) is 5.03. The van der Waals surface area contributed by atoms with Crippen LogP contribution in [-0.4, -0.2) is 42.3 Å². The van der Waals surface area contributed by atoms with Gasteiger partial charge in [0.05, 0.1) is 46.4 Å². The third-order valence-electron chi connectivity index (χ3n) is 7.69. The lowest BCUT2D eigenvalue weighted by atomic mass is 9.85. The number of carbonyl (C=O) groups is 4. The van der Waals surface area contributed by atoms with E-state index < -0.39 is 12.6 Å². The summed E-state index contributed by atoms with van der Waals surface area (Å²) in [5.74, 6) is -1.47. The number of esters is 1. The number of ketones is 1. The number of rotatable bonds is 7. The van der Waals surface area contributed by atoms with Crippen LogP contribution in [-0.2, 0) is 14.3 Å². The Morgan fingerprint density at radius 3 is 2.24 bits per heavy atom. The van der Waals surface area contributed by atoms with Crippen molar-refractivity contribution in [3.8, 4) is 17.0 Å². The average molecular weight is 581 g/mol. The Morgan fingerprint density at radius 2 is 1.60 bits per heavy atom. The third-order valence-corrected chi connectivity index (χ3v) is 7.99. The van der Waals surface area contributed by atoms with Crippen molar-refractivity contribution in [1.82, 2.24) is 4.98 Å². The first-order chi connectivity index (χ1) is 20.4. The number of benzene rings is 3. The van der Waals surface area contributed by atoms with Crippen molar-refractivity contribution in [3.05, 3.63) is 101 Å². The number of aromatic nitrogens is 1. The van der Waals surface area contributed by atoms with Crippen LogP contribution in [0.5, 0.6) is 5.75 Å². The van der Waals surface area contributed by atoms with Crippen LogP contribution in [0.25, 0.3) is 22.2 Å². The fourth-order valence-corrected chi connectivity index (χ4v) is 5.65. The molecule has 210 valence electrons. The molecule has 2 aliphatic rings. The molecule has 2 atom stereocenters. The van der Waals surface area contributed by atoms with Gasteiger partial charge in [0.1, 0.15) is 5.75 Å². The van der Waals surface area contributed by atoms with Gasteiger partial charge in [-0.15, -0.1) is 0 Å². The predicted octanol–water partition coefficient (Wildman–Crippen LogP) is 6.06. The van der Waals surface area contributed by atoms with E-state index >= 15 is 0 Å². The van der Waals surface area contributed by atoms with Crippen LogP contribution in [0.2, 0.25) is 5.02 Å². The maximum absolute atomic E-state index is 13.3. The summed E-state index contributed by atoms with van der Waals surface area (Å²) in [6, 6.07) is 20.1. The van der Waals surface area contributed by atoms with Crippen molar-refractivity contribution in [1.29, 1.82) is 0 Å². The van der Waals surface area contributed by atoms with Crippen molar-refractivity contribution >= 4 is 51.8 Å². The molecule has 6 rings (SSSR count). The van der Waals surface area contributed by atoms with Crippen LogP contribution in [0.1, 0.15) is 33.6 Å². The summed E-state index contributed by atoms with van der Waals surface area (Å²) in [7, 11) is 1.53. The molecule has 2 unspecified atom stereocenters. The van der Waals surface area contributed by atoms with E-state index in [1.807, 2.05) is 12.2 Å². The molecule has 0 N–H and O–H groups in total. The third kappa shape index (κ3) is 4.94. The molecule has 42 heavy (non-hydrogen) atoms. The number of fused-ring (bicyclic) bond motifs is 2. The molecule has 3 aromatic carbocycles. The molecule has 8 nitrogen and oxygen atoms in total.